The molecule has 6 nitrogen and oxygen atoms in total. The molecular weight excluding hydrogens is 388 g/mol. The number of hydrogen-bond acceptors (Lipinski definition) is 5. The Morgan fingerprint density at radius 1 is 0.903 bits per heavy atom. The standard InChI is InChI=1S/C25H22N4O2/c1-31-22-13-7-18(8-14-22)17-27-25(30)20-9-11-21(12-10-20)28-23-15-16-26-24(29-23)19-5-3-2-4-6-19/h2-16H,17H2,1H3,(H,27,30)(H,26,28,29). The first-order valence-electron chi connectivity index (χ1n) is 9.88. The average Bonchev–Trinajstić information content (AvgIpc) is 2.84. The van der Waals surface area contributed by atoms with E-state index < -0.39 is 0 Å². The minimum Gasteiger partial charge on any atom is -0.497 e. The molecule has 4 aromatic rings. The van der Waals surface area contributed by atoms with Crippen LogP contribution in [0, 0.1) is 0 Å². The molecule has 0 unspecified atom stereocenters. The summed E-state index contributed by atoms with van der Waals surface area (Å²) >= 11 is 0. The quantitative estimate of drug-likeness (QED) is 0.457. The molecule has 0 fully saturated rings. The fourth-order valence-corrected chi connectivity index (χ4v) is 3.04. The van der Waals surface area contributed by atoms with Crippen molar-refractivity contribution in [2.45, 2.75) is 6.54 Å². The number of carbonyl (C=O) groups excluding carboxylic acids is 1. The van der Waals surface area contributed by atoms with Crippen LogP contribution >= 0.6 is 0 Å². The molecular formula is C25H22N4O2. The molecule has 0 saturated heterocycles. The zero-order valence-electron chi connectivity index (χ0n) is 17.1. The van der Waals surface area contributed by atoms with Crippen LogP contribution in [0.1, 0.15) is 15.9 Å². The summed E-state index contributed by atoms with van der Waals surface area (Å²) in [4.78, 5) is 21.3. The van der Waals surface area contributed by atoms with Gasteiger partial charge in [-0.15, -0.1) is 0 Å². The van der Waals surface area contributed by atoms with Crippen molar-refractivity contribution in [2.75, 3.05) is 12.4 Å². The maximum Gasteiger partial charge on any atom is 0.251 e. The highest BCUT2D eigenvalue weighted by Crippen LogP contribution is 2.19. The fourth-order valence-electron chi connectivity index (χ4n) is 3.04. The molecule has 0 saturated carbocycles. The van der Waals surface area contributed by atoms with Gasteiger partial charge in [0, 0.05) is 29.6 Å². The van der Waals surface area contributed by atoms with Crippen LogP contribution in [-0.2, 0) is 6.54 Å². The molecule has 31 heavy (non-hydrogen) atoms. The number of hydrogen-bond donors (Lipinski definition) is 2. The SMILES string of the molecule is COc1ccc(CNC(=O)c2ccc(Nc3ccnc(-c4ccccc4)n3)cc2)cc1. The monoisotopic (exact) mass is 410 g/mol. The van der Waals surface area contributed by atoms with Gasteiger partial charge in [0.1, 0.15) is 11.6 Å². The number of ether oxygens (including phenoxy) is 1. The van der Waals surface area contributed by atoms with Crippen molar-refractivity contribution in [3.63, 3.8) is 0 Å². The van der Waals surface area contributed by atoms with Crippen molar-refractivity contribution in [2.24, 2.45) is 0 Å². The first kappa shape index (κ1) is 20.1. The van der Waals surface area contributed by atoms with Crippen molar-refractivity contribution in [1.29, 1.82) is 0 Å². The van der Waals surface area contributed by atoms with E-state index in [4.69, 9.17) is 4.74 Å². The molecule has 0 radical (unpaired) electrons. The number of rotatable bonds is 7. The first-order chi connectivity index (χ1) is 15.2. The number of methoxy groups -OCH3 is 1. The van der Waals surface area contributed by atoms with Crippen LogP contribution in [0.25, 0.3) is 11.4 Å². The van der Waals surface area contributed by atoms with E-state index in [1.54, 1.807) is 25.4 Å². The number of benzene rings is 3. The van der Waals surface area contributed by atoms with Crippen LogP contribution in [0.4, 0.5) is 11.5 Å². The number of amides is 1. The number of nitrogens with one attached hydrogen (secondary N) is 2. The lowest BCUT2D eigenvalue weighted by molar-refractivity contribution is 0.0951. The summed E-state index contributed by atoms with van der Waals surface area (Å²) in [7, 11) is 1.63. The lowest BCUT2D eigenvalue weighted by Crippen LogP contribution is -2.22. The lowest BCUT2D eigenvalue weighted by Gasteiger charge is -2.09. The second-order valence-electron chi connectivity index (χ2n) is 6.86. The zero-order chi connectivity index (χ0) is 21.5. The van der Waals surface area contributed by atoms with E-state index in [2.05, 4.69) is 20.6 Å². The Hall–Kier alpha value is -4.19. The van der Waals surface area contributed by atoms with Crippen LogP contribution in [0.2, 0.25) is 0 Å². The van der Waals surface area contributed by atoms with Gasteiger partial charge in [-0.1, -0.05) is 42.5 Å². The highest BCUT2D eigenvalue weighted by atomic mass is 16.5. The zero-order valence-corrected chi connectivity index (χ0v) is 17.1. The lowest BCUT2D eigenvalue weighted by atomic mass is 10.1. The Kier molecular flexibility index (Phi) is 6.18. The van der Waals surface area contributed by atoms with E-state index in [0.717, 1.165) is 22.6 Å². The largest absolute Gasteiger partial charge is 0.497 e. The Balaban J connectivity index is 1.37. The van der Waals surface area contributed by atoms with Crippen LogP contribution in [0.3, 0.4) is 0 Å². The Labute approximate surface area is 181 Å². The molecule has 1 heterocycles. The second kappa shape index (κ2) is 9.54. The molecule has 1 aromatic heterocycles. The third-order valence-corrected chi connectivity index (χ3v) is 4.72. The summed E-state index contributed by atoms with van der Waals surface area (Å²) in [5.41, 5.74) is 3.39. The molecule has 3 aromatic carbocycles. The van der Waals surface area contributed by atoms with Crippen molar-refractivity contribution in [3.05, 3.63) is 102 Å². The van der Waals surface area contributed by atoms with Gasteiger partial charge in [0.15, 0.2) is 5.82 Å². The van der Waals surface area contributed by atoms with Gasteiger partial charge in [-0.3, -0.25) is 4.79 Å². The van der Waals surface area contributed by atoms with E-state index in [1.807, 2.05) is 72.8 Å². The van der Waals surface area contributed by atoms with Gasteiger partial charge in [-0.05, 0) is 48.0 Å². The maximum absolute atomic E-state index is 12.4. The molecule has 0 atom stereocenters. The van der Waals surface area contributed by atoms with E-state index in [0.29, 0.717) is 23.8 Å². The molecule has 6 heteroatoms. The highest BCUT2D eigenvalue weighted by Gasteiger charge is 2.07. The third kappa shape index (κ3) is 5.25. The average molecular weight is 410 g/mol. The minimum absolute atomic E-state index is 0.129. The summed E-state index contributed by atoms with van der Waals surface area (Å²) in [5, 5.41) is 6.18. The topological polar surface area (TPSA) is 76.1 Å². The Bertz CT molecular complexity index is 1140. The van der Waals surface area contributed by atoms with Crippen molar-refractivity contribution in [1.82, 2.24) is 15.3 Å². The molecule has 0 aliphatic rings. The van der Waals surface area contributed by atoms with Gasteiger partial charge in [-0.25, -0.2) is 9.97 Å². The summed E-state index contributed by atoms with van der Waals surface area (Å²) in [6.45, 7) is 0.450. The van der Waals surface area contributed by atoms with Gasteiger partial charge in [0.25, 0.3) is 5.91 Å². The van der Waals surface area contributed by atoms with Gasteiger partial charge >= 0.3 is 0 Å². The van der Waals surface area contributed by atoms with E-state index in [9.17, 15) is 4.79 Å². The molecule has 0 bridgehead atoms. The van der Waals surface area contributed by atoms with Gasteiger partial charge in [-0.2, -0.15) is 0 Å². The van der Waals surface area contributed by atoms with Crippen LogP contribution < -0.4 is 15.4 Å². The highest BCUT2D eigenvalue weighted by molar-refractivity contribution is 5.94. The molecule has 0 aliphatic carbocycles. The molecule has 2 N–H and O–H groups in total. The van der Waals surface area contributed by atoms with Crippen LogP contribution in [0.5, 0.6) is 5.75 Å². The summed E-state index contributed by atoms with van der Waals surface area (Å²) in [6, 6.07) is 26.5. The van der Waals surface area contributed by atoms with E-state index in [1.165, 1.54) is 0 Å². The van der Waals surface area contributed by atoms with Crippen molar-refractivity contribution >= 4 is 17.4 Å². The number of carbonyl (C=O) groups is 1. The van der Waals surface area contributed by atoms with E-state index >= 15 is 0 Å². The number of aromatic nitrogens is 2. The fraction of sp³-hybridized carbons (Fsp3) is 0.0800. The van der Waals surface area contributed by atoms with Crippen molar-refractivity contribution in [3.8, 4) is 17.1 Å². The summed E-state index contributed by atoms with van der Waals surface area (Å²) in [5.74, 6) is 2.00. The smallest absolute Gasteiger partial charge is 0.251 e. The Morgan fingerprint density at radius 3 is 2.35 bits per heavy atom. The predicted molar refractivity (Wildman–Crippen MR) is 121 cm³/mol. The number of anilines is 2. The summed E-state index contributed by atoms with van der Waals surface area (Å²) in [6.07, 6.45) is 1.72. The molecule has 154 valence electrons. The van der Waals surface area contributed by atoms with Gasteiger partial charge in [0.05, 0.1) is 7.11 Å². The molecule has 0 aliphatic heterocycles. The van der Waals surface area contributed by atoms with Crippen molar-refractivity contribution < 1.29 is 9.53 Å². The van der Waals surface area contributed by atoms with Crippen LogP contribution in [-0.4, -0.2) is 23.0 Å². The maximum atomic E-state index is 12.4. The van der Waals surface area contributed by atoms with Crippen LogP contribution in [0.15, 0.2) is 91.1 Å². The second-order valence-corrected chi connectivity index (χ2v) is 6.86. The summed E-state index contributed by atoms with van der Waals surface area (Å²) < 4.78 is 5.15. The predicted octanol–water partition coefficient (Wildman–Crippen LogP) is 4.83. The normalized spacial score (nSPS) is 10.4. The third-order valence-electron chi connectivity index (χ3n) is 4.72. The van der Waals surface area contributed by atoms with Gasteiger partial charge in [0.2, 0.25) is 0 Å². The minimum atomic E-state index is -0.129. The molecule has 1 amide bonds. The number of nitrogens with zero attached hydrogens (tertiary/aromatic N) is 2. The van der Waals surface area contributed by atoms with Gasteiger partial charge < -0.3 is 15.4 Å². The van der Waals surface area contributed by atoms with E-state index in [-0.39, 0.29) is 5.91 Å². The molecule has 4 rings (SSSR count). The first-order valence-corrected chi connectivity index (χ1v) is 9.88. The Morgan fingerprint density at radius 2 is 1.65 bits per heavy atom. The molecule has 0 spiro atoms.